The molecule has 3 heterocycles. The van der Waals surface area contributed by atoms with Crippen molar-refractivity contribution in [2.24, 2.45) is 0 Å². The van der Waals surface area contributed by atoms with Gasteiger partial charge in [0.2, 0.25) is 0 Å². The maximum atomic E-state index is 5.41. The third kappa shape index (κ3) is 3.02. The molecule has 1 aliphatic rings. The van der Waals surface area contributed by atoms with Crippen LogP contribution in [0.5, 0.6) is 0 Å². The number of thiazole rings is 1. The fraction of sp³-hybridized carbons (Fsp3) is 0.600. The number of hydrogen-bond donors (Lipinski definition) is 0. The van der Waals surface area contributed by atoms with Crippen molar-refractivity contribution in [3.05, 3.63) is 33.5 Å². The quantitative estimate of drug-likeness (QED) is 0.851. The molecule has 0 amide bonds. The van der Waals surface area contributed by atoms with Gasteiger partial charge in [0, 0.05) is 55.8 Å². The number of methoxy groups -OCH3 is 1. The summed E-state index contributed by atoms with van der Waals surface area (Å²) in [5, 5.41) is 4.71. The molecule has 5 nitrogen and oxygen atoms in total. The largest absolute Gasteiger partial charge is 0.384 e. The molecule has 2 aromatic rings. The highest BCUT2D eigenvalue weighted by Crippen LogP contribution is 2.29. The monoisotopic (exact) mass is 306 g/mol. The molecule has 6 heteroatoms. The third-order valence-electron chi connectivity index (χ3n) is 4.07. The Kier molecular flexibility index (Phi) is 4.37. The van der Waals surface area contributed by atoms with Gasteiger partial charge >= 0.3 is 0 Å². The zero-order valence-electron chi connectivity index (χ0n) is 12.9. The van der Waals surface area contributed by atoms with Crippen LogP contribution < -0.4 is 0 Å². The molecule has 0 radical (unpaired) electrons. The molecule has 1 atom stereocenters. The molecule has 0 fully saturated rings. The first-order chi connectivity index (χ1) is 10.2. The first kappa shape index (κ1) is 14.7. The Hall–Kier alpha value is -1.24. The SMILES string of the molecule is CCn1cc2c(n1)CN(Cc1scnc1C)C[C@@H]2COC. The van der Waals surface area contributed by atoms with E-state index in [9.17, 15) is 0 Å². The van der Waals surface area contributed by atoms with Gasteiger partial charge in [-0.25, -0.2) is 4.98 Å². The number of nitrogens with zero attached hydrogens (tertiary/aromatic N) is 4. The van der Waals surface area contributed by atoms with Crippen molar-refractivity contribution in [3.8, 4) is 0 Å². The standard InChI is InChI=1S/C15H22N4OS/c1-4-19-6-13-12(9-20-3)5-18(7-14(13)17-19)8-15-11(2)16-10-21-15/h6,10,12H,4-5,7-9H2,1-3H3/t12-/m1/s1. The highest BCUT2D eigenvalue weighted by atomic mass is 32.1. The Morgan fingerprint density at radius 1 is 1.48 bits per heavy atom. The number of aryl methyl sites for hydroxylation is 2. The van der Waals surface area contributed by atoms with Crippen molar-refractivity contribution in [3.63, 3.8) is 0 Å². The van der Waals surface area contributed by atoms with Crippen LogP contribution in [-0.2, 0) is 24.4 Å². The van der Waals surface area contributed by atoms with Crippen LogP contribution >= 0.6 is 11.3 Å². The lowest BCUT2D eigenvalue weighted by Gasteiger charge is -2.31. The molecule has 0 unspecified atom stereocenters. The lowest BCUT2D eigenvalue weighted by Crippen LogP contribution is -2.34. The van der Waals surface area contributed by atoms with Crippen molar-refractivity contribution < 1.29 is 4.74 Å². The van der Waals surface area contributed by atoms with Crippen molar-refractivity contribution in [2.75, 3.05) is 20.3 Å². The van der Waals surface area contributed by atoms with Crippen molar-refractivity contribution in [2.45, 2.75) is 39.4 Å². The predicted octanol–water partition coefficient (Wildman–Crippen LogP) is 2.41. The molecule has 21 heavy (non-hydrogen) atoms. The minimum absolute atomic E-state index is 0.410. The molecule has 3 rings (SSSR count). The second-order valence-electron chi connectivity index (χ2n) is 5.57. The van der Waals surface area contributed by atoms with Gasteiger partial charge in [0.05, 0.1) is 23.5 Å². The highest BCUT2D eigenvalue weighted by Gasteiger charge is 2.28. The number of hydrogen-bond acceptors (Lipinski definition) is 5. The molecule has 0 saturated heterocycles. The van der Waals surface area contributed by atoms with Crippen LogP contribution in [0.1, 0.15) is 34.7 Å². The predicted molar refractivity (Wildman–Crippen MR) is 83.5 cm³/mol. The van der Waals surface area contributed by atoms with E-state index >= 15 is 0 Å². The maximum absolute atomic E-state index is 5.41. The van der Waals surface area contributed by atoms with E-state index in [1.54, 1.807) is 18.4 Å². The van der Waals surface area contributed by atoms with Crippen LogP contribution in [0, 0.1) is 6.92 Å². The van der Waals surface area contributed by atoms with Crippen molar-refractivity contribution >= 4 is 11.3 Å². The van der Waals surface area contributed by atoms with Gasteiger partial charge in [-0.05, 0) is 13.8 Å². The first-order valence-corrected chi connectivity index (χ1v) is 8.25. The molecule has 0 aromatic carbocycles. The average Bonchev–Trinajstić information content (AvgIpc) is 3.06. The van der Waals surface area contributed by atoms with E-state index in [1.165, 1.54) is 16.1 Å². The molecule has 114 valence electrons. The maximum Gasteiger partial charge on any atom is 0.0801 e. The normalized spacial score (nSPS) is 18.9. The first-order valence-electron chi connectivity index (χ1n) is 7.37. The van der Waals surface area contributed by atoms with Crippen LogP contribution in [-0.4, -0.2) is 39.9 Å². The zero-order valence-corrected chi connectivity index (χ0v) is 13.7. The minimum atomic E-state index is 0.410. The van der Waals surface area contributed by atoms with E-state index in [2.05, 4.69) is 29.9 Å². The van der Waals surface area contributed by atoms with Gasteiger partial charge in [-0.1, -0.05) is 0 Å². The number of rotatable bonds is 5. The van der Waals surface area contributed by atoms with E-state index in [1.807, 2.05) is 10.2 Å². The summed E-state index contributed by atoms with van der Waals surface area (Å²) in [4.78, 5) is 8.16. The van der Waals surface area contributed by atoms with E-state index in [0.29, 0.717) is 5.92 Å². The van der Waals surface area contributed by atoms with Gasteiger partial charge in [0.15, 0.2) is 0 Å². The average molecular weight is 306 g/mol. The fourth-order valence-corrected chi connectivity index (χ4v) is 3.75. The molecule has 1 aliphatic heterocycles. The van der Waals surface area contributed by atoms with Gasteiger partial charge in [-0.3, -0.25) is 9.58 Å². The Morgan fingerprint density at radius 3 is 3.00 bits per heavy atom. The van der Waals surface area contributed by atoms with Gasteiger partial charge in [-0.15, -0.1) is 11.3 Å². The van der Waals surface area contributed by atoms with Crippen LogP contribution in [0.2, 0.25) is 0 Å². The summed E-state index contributed by atoms with van der Waals surface area (Å²) in [6.07, 6.45) is 2.19. The van der Waals surface area contributed by atoms with Gasteiger partial charge in [0.25, 0.3) is 0 Å². The Labute approximate surface area is 129 Å². The second kappa shape index (κ2) is 6.25. The van der Waals surface area contributed by atoms with E-state index < -0.39 is 0 Å². The lowest BCUT2D eigenvalue weighted by molar-refractivity contribution is 0.136. The highest BCUT2D eigenvalue weighted by molar-refractivity contribution is 7.09. The van der Waals surface area contributed by atoms with E-state index in [-0.39, 0.29) is 0 Å². The number of aromatic nitrogens is 3. The molecule has 0 aliphatic carbocycles. The summed E-state index contributed by atoms with van der Waals surface area (Å²) in [5.74, 6) is 0.410. The molecule has 0 N–H and O–H groups in total. The molecule has 0 spiro atoms. The molecular weight excluding hydrogens is 284 g/mol. The summed E-state index contributed by atoms with van der Waals surface area (Å²) < 4.78 is 7.45. The summed E-state index contributed by atoms with van der Waals surface area (Å²) in [5.41, 5.74) is 5.63. The Balaban J connectivity index is 1.81. The Morgan fingerprint density at radius 2 is 2.33 bits per heavy atom. The molecule has 2 aromatic heterocycles. The molecule has 0 bridgehead atoms. The van der Waals surface area contributed by atoms with Gasteiger partial charge in [-0.2, -0.15) is 5.10 Å². The second-order valence-corrected chi connectivity index (χ2v) is 6.51. The third-order valence-corrected chi connectivity index (χ3v) is 4.99. The van der Waals surface area contributed by atoms with E-state index in [4.69, 9.17) is 9.84 Å². The summed E-state index contributed by atoms with van der Waals surface area (Å²) >= 11 is 1.74. The zero-order chi connectivity index (χ0) is 14.8. The number of fused-ring (bicyclic) bond motifs is 1. The van der Waals surface area contributed by atoms with Gasteiger partial charge < -0.3 is 4.74 Å². The number of ether oxygens (including phenoxy) is 1. The smallest absolute Gasteiger partial charge is 0.0801 e. The van der Waals surface area contributed by atoms with Crippen LogP contribution in [0.3, 0.4) is 0 Å². The fourth-order valence-electron chi connectivity index (χ4n) is 2.93. The van der Waals surface area contributed by atoms with Gasteiger partial charge in [0.1, 0.15) is 0 Å². The van der Waals surface area contributed by atoms with Crippen molar-refractivity contribution in [1.82, 2.24) is 19.7 Å². The Bertz CT molecular complexity index is 607. The van der Waals surface area contributed by atoms with Crippen LogP contribution in [0.15, 0.2) is 11.7 Å². The summed E-state index contributed by atoms with van der Waals surface area (Å²) in [6, 6.07) is 0. The summed E-state index contributed by atoms with van der Waals surface area (Å²) in [6.45, 7) is 8.77. The lowest BCUT2D eigenvalue weighted by atomic mass is 9.95. The summed E-state index contributed by atoms with van der Waals surface area (Å²) in [7, 11) is 1.77. The van der Waals surface area contributed by atoms with Crippen LogP contribution in [0.4, 0.5) is 0 Å². The van der Waals surface area contributed by atoms with Crippen molar-refractivity contribution in [1.29, 1.82) is 0 Å². The topological polar surface area (TPSA) is 43.2 Å². The van der Waals surface area contributed by atoms with E-state index in [0.717, 1.165) is 38.5 Å². The molecule has 0 saturated carbocycles. The minimum Gasteiger partial charge on any atom is -0.384 e. The van der Waals surface area contributed by atoms with Crippen LogP contribution in [0.25, 0.3) is 0 Å². The molecular formula is C15H22N4OS.